The number of carbonyl (C=O) groups is 2. The molecule has 6 nitrogen and oxygen atoms in total. The maximum Gasteiger partial charge on any atom is 0.286 e. The molecule has 1 fully saturated rings. The standard InChI is InChI=1S/C13H18N2O4/c1-13(8-18-9-13)7-15-11(16)4-5-14-12(17)10-3-2-6-19-10/h2-3,6H,4-5,7-9H2,1H3,(H,14,17)(H,15,16). The molecular formula is C13H18N2O4. The molecular weight excluding hydrogens is 248 g/mol. The van der Waals surface area contributed by atoms with Crippen molar-refractivity contribution in [3.63, 3.8) is 0 Å². The van der Waals surface area contributed by atoms with Crippen molar-refractivity contribution in [1.29, 1.82) is 0 Å². The van der Waals surface area contributed by atoms with Gasteiger partial charge in [0.2, 0.25) is 5.91 Å². The summed E-state index contributed by atoms with van der Waals surface area (Å²) in [5.41, 5.74) is 0.0626. The topological polar surface area (TPSA) is 80.6 Å². The smallest absolute Gasteiger partial charge is 0.286 e. The van der Waals surface area contributed by atoms with Gasteiger partial charge in [-0.05, 0) is 12.1 Å². The fraction of sp³-hybridized carbons (Fsp3) is 0.538. The lowest BCUT2D eigenvalue weighted by Crippen LogP contribution is -2.48. The van der Waals surface area contributed by atoms with Gasteiger partial charge in [-0.2, -0.15) is 0 Å². The van der Waals surface area contributed by atoms with Crippen molar-refractivity contribution in [2.24, 2.45) is 5.41 Å². The van der Waals surface area contributed by atoms with E-state index in [1.807, 2.05) is 0 Å². The minimum Gasteiger partial charge on any atom is -0.459 e. The summed E-state index contributed by atoms with van der Waals surface area (Å²) < 4.78 is 10.0. The molecule has 0 bridgehead atoms. The second kappa shape index (κ2) is 5.88. The van der Waals surface area contributed by atoms with Gasteiger partial charge in [0.05, 0.1) is 19.5 Å². The number of furan rings is 1. The fourth-order valence-corrected chi connectivity index (χ4v) is 1.74. The van der Waals surface area contributed by atoms with Gasteiger partial charge >= 0.3 is 0 Å². The number of hydrogen-bond donors (Lipinski definition) is 2. The summed E-state index contributed by atoms with van der Waals surface area (Å²) in [6, 6.07) is 3.22. The summed E-state index contributed by atoms with van der Waals surface area (Å²) in [7, 11) is 0. The van der Waals surface area contributed by atoms with Crippen LogP contribution in [-0.4, -0.2) is 38.1 Å². The molecule has 1 aromatic heterocycles. The summed E-state index contributed by atoms with van der Waals surface area (Å²) >= 11 is 0. The molecule has 2 amide bonds. The van der Waals surface area contributed by atoms with Crippen molar-refractivity contribution in [2.75, 3.05) is 26.3 Å². The zero-order valence-corrected chi connectivity index (χ0v) is 10.9. The Morgan fingerprint density at radius 2 is 2.16 bits per heavy atom. The van der Waals surface area contributed by atoms with E-state index in [9.17, 15) is 9.59 Å². The van der Waals surface area contributed by atoms with Crippen LogP contribution in [0.15, 0.2) is 22.8 Å². The van der Waals surface area contributed by atoms with Crippen molar-refractivity contribution < 1.29 is 18.7 Å². The van der Waals surface area contributed by atoms with E-state index >= 15 is 0 Å². The summed E-state index contributed by atoms with van der Waals surface area (Å²) in [5.74, 6) is -0.135. The quantitative estimate of drug-likeness (QED) is 0.788. The molecule has 1 aliphatic heterocycles. The first-order valence-corrected chi connectivity index (χ1v) is 6.25. The summed E-state index contributed by atoms with van der Waals surface area (Å²) in [6.07, 6.45) is 1.69. The van der Waals surface area contributed by atoms with Gasteiger partial charge in [-0.25, -0.2) is 0 Å². The van der Waals surface area contributed by atoms with E-state index in [1.54, 1.807) is 12.1 Å². The predicted molar refractivity (Wildman–Crippen MR) is 67.6 cm³/mol. The van der Waals surface area contributed by atoms with Crippen LogP contribution in [0.4, 0.5) is 0 Å². The third kappa shape index (κ3) is 3.82. The number of rotatable bonds is 6. The molecule has 0 spiro atoms. The molecule has 0 unspecified atom stereocenters. The lowest BCUT2D eigenvalue weighted by molar-refractivity contribution is -0.126. The molecule has 0 atom stereocenters. The van der Waals surface area contributed by atoms with E-state index in [4.69, 9.17) is 9.15 Å². The molecule has 6 heteroatoms. The van der Waals surface area contributed by atoms with Gasteiger partial charge in [-0.15, -0.1) is 0 Å². The minimum atomic E-state index is -0.308. The van der Waals surface area contributed by atoms with Gasteiger partial charge in [0.25, 0.3) is 5.91 Å². The van der Waals surface area contributed by atoms with Crippen LogP contribution >= 0.6 is 0 Å². The zero-order valence-electron chi connectivity index (χ0n) is 10.9. The van der Waals surface area contributed by atoms with Gasteiger partial charge in [0.15, 0.2) is 5.76 Å². The maximum atomic E-state index is 11.6. The van der Waals surface area contributed by atoms with Crippen LogP contribution in [0.1, 0.15) is 23.9 Å². The van der Waals surface area contributed by atoms with Gasteiger partial charge in [0, 0.05) is 24.9 Å². The predicted octanol–water partition coefficient (Wildman–Crippen LogP) is 0.552. The monoisotopic (exact) mass is 266 g/mol. The first-order chi connectivity index (χ1) is 9.09. The highest BCUT2D eigenvalue weighted by Crippen LogP contribution is 2.24. The molecule has 0 saturated carbocycles. The van der Waals surface area contributed by atoms with Gasteiger partial charge in [-0.1, -0.05) is 6.92 Å². The summed E-state index contributed by atoms with van der Waals surface area (Å²) in [5, 5.41) is 5.46. The number of hydrogen-bond acceptors (Lipinski definition) is 4. The van der Waals surface area contributed by atoms with Crippen LogP contribution in [0, 0.1) is 5.41 Å². The van der Waals surface area contributed by atoms with E-state index in [0.717, 1.165) is 0 Å². The highest BCUT2D eigenvalue weighted by Gasteiger charge is 2.33. The summed E-state index contributed by atoms with van der Waals surface area (Å²) in [4.78, 5) is 23.1. The fourth-order valence-electron chi connectivity index (χ4n) is 1.74. The second-order valence-corrected chi connectivity index (χ2v) is 5.06. The van der Waals surface area contributed by atoms with E-state index < -0.39 is 0 Å². The molecule has 2 rings (SSSR count). The number of amides is 2. The second-order valence-electron chi connectivity index (χ2n) is 5.06. The normalized spacial score (nSPS) is 16.5. The van der Waals surface area contributed by atoms with Gasteiger partial charge in [-0.3, -0.25) is 9.59 Å². The SMILES string of the molecule is CC1(CNC(=O)CCNC(=O)c2ccco2)COC1. The van der Waals surface area contributed by atoms with Crippen LogP contribution in [-0.2, 0) is 9.53 Å². The maximum absolute atomic E-state index is 11.6. The lowest BCUT2D eigenvalue weighted by atomic mass is 9.89. The largest absolute Gasteiger partial charge is 0.459 e. The third-order valence-electron chi connectivity index (χ3n) is 3.00. The highest BCUT2D eigenvalue weighted by molar-refractivity contribution is 5.91. The zero-order chi connectivity index (χ0) is 13.7. The first-order valence-electron chi connectivity index (χ1n) is 6.25. The molecule has 0 radical (unpaired) electrons. The minimum absolute atomic E-state index is 0.0626. The average molecular weight is 266 g/mol. The van der Waals surface area contributed by atoms with E-state index in [1.165, 1.54) is 6.26 Å². The molecule has 2 N–H and O–H groups in total. The molecule has 1 aliphatic rings. The lowest BCUT2D eigenvalue weighted by Gasteiger charge is -2.38. The van der Waals surface area contributed by atoms with E-state index in [0.29, 0.717) is 26.3 Å². The highest BCUT2D eigenvalue weighted by atomic mass is 16.5. The molecule has 2 heterocycles. The van der Waals surface area contributed by atoms with Crippen LogP contribution in [0.2, 0.25) is 0 Å². The van der Waals surface area contributed by atoms with Crippen LogP contribution in [0.3, 0.4) is 0 Å². The number of nitrogens with one attached hydrogen (secondary N) is 2. The summed E-state index contributed by atoms with van der Waals surface area (Å²) in [6.45, 7) is 4.33. The number of ether oxygens (including phenoxy) is 1. The van der Waals surface area contributed by atoms with Crippen molar-refractivity contribution in [2.45, 2.75) is 13.3 Å². The van der Waals surface area contributed by atoms with Crippen molar-refractivity contribution in [1.82, 2.24) is 10.6 Å². The molecule has 0 aliphatic carbocycles. The van der Waals surface area contributed by atoms with Gasteiger partial charge < -0.3 is 19.8 Å². The Kier molecular flexibility index (Phi) is 4.21. The Morgan fingerprint density at radius 1 is 1.37 bits per heavy atom. The number of carbonyl (C=O) groups excluding carboxylic acids is 2. The Bertz CT molecular complexity index is 438. The Labute approximate surface area is 111 Å². The van der Waals surface area contributed by atoms with Crippen molar-refractivity contribution in [3.8, 4) is 0 Å². The molecule has 1 saturated heterocycles. The Hall–Kier alpha value is -1.82. The first kappa shape index (κ1) is 13.6. The molecule has 19 heavy (non-hydrogen) atoms. The Balaban J connectivity index is 1.60. The van der Waals surface area contributed by atoms with Crippen LogP contribution in [0.5, 0.6) is 0 Å². The van der Waals surface area contributed by atoms with Crippen LogP contribution in [0.25, 0.3) is 0 Å². The van der Waals surface area contributed by atoms with Gasteiger partial charge in [0.1, 0.15) is 0 Å². The van der Waals surface area contributed by atoms with E-state index in [2.05, 4.69) is 17.6 Å². The third-order valence-corrected chi connectivity index (χ3v) is 3.00. The van der Waals surface area contributed by atoms with Crippen molar-refractivity contribution >= 4 is 11.8 Å². The Morgan fingerprint density at radius 3 is 2.74 bits per heavy atom. The molecule has 0 aromatic carbocycles. The van der Waals surface area contributed by atoms with E-state index in [-0.39, 0.29) is 29.4 Å². The average Bonchev–Trinajstić information content (AvgIpc) is 2.87. The van der Waals surface area contributed by atoms with Crippen LogP contribution < -0.4 is 10.6 Å². The molecule has 1 aromatic rings. The van der Waals surface area contributed by atoms with Crippen molar-refractivity contribution in [3.05, 3.63) is 24.2 Å². The molecule has 104 valence electrons.